The van der Waals surface area contributed by atoms with Crippen molar-refractivity contribution in [1.82, 2.24) is 10.2 Å². The summed E-state index contributed by atoms with van der Waals surface area (Å²) in [4.78, 5) is 14.6. The molecule has 1 aromatic carbocycles. The van der Waals surface area contributed by atoms with Crippen molar-refractivity contribution in [2.75, 3.05) is 20.1 Å². The smallest absolute Gasteiger partial charge is 0.220 e. The van der Waals surface area contributed by atoms with E-state index in [2.05, 4.69) is 48.5 Å². The fourth-order valence-corrected chi connectivity index (χ4v) is 3.60. The van der Waals surface area contributed by atoms with Crippen LogP contribution in [-0.4, -0.2) is 37.0 Å². The van der Waals surface area contributed by atoms with Gasteiger partial charge >= 0.3 is 0 Å². The molecule has 4 heteroatoms. The summed E-state index contributed by atoms with van der Waals surface area (Å²) in [5.41, 5.74) is 7.33. The Morgan fingerprint density at radius 3 is 2.54 bits per heavy atom. The van der Waals surface area contributed by atoms with Gasteiger partial charge in [0.15, 0.2) is 0 Å². The number of hydrogen-bond acceptors (Lipinski definition) is 3. The van der Waals surface area contributed by atoms with E-state index in [-0.39, 0.29) is 11.3 Å². The van der Waals surface area contributed by atoms with Crippen molar-refractivity contribution < 1.29 is 4.79 Å². The summed E-state index contributed by atoms with van der Waals surface area (Å²) in [6.45, 7) is 4.36. The lowest BCUT2D eigenvalue weighted by Crippen LogP contribution is -2.43. The van der Waals surface area contributed by atoms with Crippen molar-refractivity contribution in [1.29, 1.82) is 0 Å². The van der Waals surface area contributed by atoms with E-state index in [0.717, 1.165) is 19.4 Å². The van der Waals surface area contributed by atoms with Gasteiger partial charge in [-0.15, -0.1) is 0 Å². The number of likely N-dealkylation sites (N-methyl/N-ethyl adjacent to an activating group) is 1. The van der Waals surface area contributed by atoms with Crippen LogP contribution in [0, 0.1) is 5.41 Å². The topological polar surface area (TPSA) is 58.4 Å². The van der Waals surface area contributed by atoms with Gasteiger partial charge < -0.3 is 11.1 Å². The molecule has 1 amide bonds. The second kappa shape index (κ2) is 9.19. The van der Waals surface area contributed by atoms with E-state index in [1.807, 2.05) is 6.07 Å². The standard InChI is InChI=1S/C20H33N3O/c1-17(23(2)15-18-9-5-3-6-10-18)14-22-19(24)13-20(16-21)11-7-4-8-12-20/h3,5-6,9-10,17H,4,7-8,11-16,21H2,1-2H3,(H,22,24). The fourth-order valence-electron chi connectivity index (χ4n) is 3.60. The summed E-state index contributed by atoms with van der Waals surface area (Å²) in [7, 11) is 2.10. The van der Waals surface area contributed by atoms with E-state index < -0.39 is 0 Å². The van der Waals surface area contributed by atoms with Crippen LogP contribution in [0.5, 0.6) is 0 Å². The Bertz CT molecular complexity index is 497. The predicted molar refractivity (Wildman–Crippen MR) is 99.6 cm³/mol. The highest BCUT2D eigenvalue weighted by molar-refractivity contribution is 5.76. The lowest BCUT2D eigenvalue weighted by molar-refractivity contribution is -0.124. The first kappa shape index (κ1) is 18.9. The number of rotatable bonds is 8. The number of nitrogens with two attached hydrogens (primary N) is 1. The quantitative estimate of drug-likeness (QED) is 0.770. The maximum Gasteiger partial charge on any atom is 0.220 e. The molecule has 0 bridgehead atoms. The number of nitrogens with one attached hydrogen (secondary N) is 1. The van der Waals surface area contributed by atoms with Crippen LogP contribution in [0.1, 0.15) is 51.0 Å². The zero-order chi connectivity index (χ0) is 17.4. The van der Waals surface area contributed by atoms with Crippen LogP contribution in [0.4, 0.5) is 0 Å². The molecule has 1 aliphatic carbocycles. The average molecular weight is 332 g/mol. The molecule has 0 aromatic heterocycles. The summed E-state index contributed by atoms with van der Waals surface area (Å²) in [6, 6.07) is 10.7. The molecule has 0 spiro atoms. The van der Waals surface area contributed by atoms with E-state index >= 15 is 0 Å². The number of benzene rings is 1. The first-order valence-corrected chi connectivity index (χ1v) is 9.26. The molecule has 1 unspecified atom stereocenters. The molecular formula is C20H33N3O. The van der Waals surface area contributed by atoms with Gasteiger partial charge in [0, 0.05) is 25.6 Å². The summed E-state index contributed by atoms with van der Waals surface area (Å²) in [6.07, 6.45) is 6.48. The van der Waals surface area contributed by atoms with Crippen LogP contribution in [0.3, 0.4) is 0 Å². The summed E-state index contributed by atoms with van der Waals surface area (Å²) >= 11 is 0. The maximum absolute atomic E-state index is 12.4. The van der Waals surface area contributed by atoms with Gasteiger partial charge in [0.05, 0.1) is 0 Å². The summed E-state index contributed by atoms with van der Waals surface area (Å²) < 4.78 is 0. The van der Waals surface area contributed by atoms with Gasteiger partial charge in [0.1, 0.15) is 0 Å². The van der Waals surface area contributed by atoms with Gasteiger partial charge in [0.25, 0.3) is 0 Å². The highest BCUT2D eigenvalue weighted by atomic mass is 16.1. The Balaban J connectivity index is 1.76. The Kier molecular flexibility index (Phi) is 7.25. The molecule has 134 valence electrons. The third-order valence-electron chi connectivity index (χ3n) is 5.50. The lowest BCUT2D eigenvalue weighted by Gasteiger charge is -2.36. The zero-order valence-corrected chi connectivity index (χ0v) is 15.3. The van der Waals surface area contributed by atoms with Crippen LogP contribution in [0.2, 0.25) is 0 Å². The summed E-state index contributed by atoms with van der Waals surface area (Å²) in [5.74, 6) is 0.155. The van der Waals surface area contributed by atoms with E-state index in [4.69, 9.17) is 5.73 Å². The van der Waals surface area contributed by atoms with Gasteiger partial charge in [-0.3, -0.25) is 9.69 Å². The van der Waals surface area contributed by atoms with Crippen molar-refractivity contribution >= 4 is 5.91 Å². The third-order valence-corrected chi connectivity index (χ3v) is 5.50. The molecule has 3 N–H and O–H groups in total. The molecule has 0 saturated heterocycles. The Morgan fingerprint density at radius 1 is 1.25 bits per heavy atom. The molecule has 1 saturated carbocycles. The van der Waals surface area contributed by atoms with Crippen LogP contribution in [0.25, 0.3) is 0 Å². The van der Waals surface area contributed by atoms with E-state index in [1.165, 1.54) is 24.8 Å². The first-order valence-electron chi connectivity index (χ1n) is 9.26. The van der Waals surface area contributed by atoms with E-state index in [9.17, 15) is 4.79 Å². The number of amides is 1. The van der Waals surface area contributed by atoms with E-state index in [0.29, 0.717) is 25.6 Å². The van der Waals surface area contributed by atoms with Crippen molar-refractivity contribution in [3.63, 3.8) is 0 Å². The highest BCUT2D eigenvalue weighted by Gasteiger charge is 2.32. The monoisotopic (exact) mass is 331 g/mol. The molecule has 0 radical (unpaired) electrons. The molecule has 24 heavy (non-hydrogen) atoms. The van der Waals surface area contributed by atoms with Crippen molar-refractivity contribution in [3.05, 3.63) is 35.9 Å². The fraction of sp³-hybridized carbons (Fsp3) is 0.650. The first-order chi connectivity index (χ1) is 11.5. The lowest BCUT2D eigenvalue weighted by atomic mass is 9.71. The number of carbonyl (C=O) groups is 1. The largest absolute Gasteiger partial charge is 0.355 e. The molecule has 1 fully saturated rings. The molecule has 2 rings (SSSR count). The minimum atomic E-state index is 0.0432. The van der Waals surface area contributed by atoms with Gasteiger partial charge in [-0.25, -0.2) is 0 Å². The number of hydrogen-bond donors (Lipinski definition) is 2. The highest BCUT2D eigenvalue weighted by Crippen LogP contribution is 2.38. The summed E-state index contributed by atoms with van der Waals surface area (Å²) in [5, 5.41) is 3.12. The minimum absolute atomic E-state index is 0.0432. The minimum Gasteiger partial charge on any atom is -0.355 e. The van der Waals surface area contributed by atoms with Crippen molar-refractivity contribution in [3.8, 4) is 0 Å². The van der Waals surface area contributed by atoms with Crippen LogP contribution < -0.4 is 11.1 Å². The molecule has 0 aliphatic heterocycles. The molecule has 1 atom stereocenters. The Morgan fingerprint density at radius 2 is 1.92 bits per heavy atom. The molecule has 0 heterocycles. The second-order valence-electron chi connectivity index (χ2n) is 7.50. The van der Waals surface area contributed by atoms with Gasteiger partial charge in [0.2, 0.25) is 5.91 Å². The molecule has 4 nitrogen and oxygen atoms in total. The van der Waals surface area contributed by atoms with Crippen LogP contribution >= 0.6 is 0 Å². The van der Waals surface area contributed by atoms with Crippen LogP contribution in [0.15, 0.2) is 30.3 Å². The number of nitrogens with zero attached hydrogens (tertiary/aromatic N) is 1. The molecule has 1 aliphatic rings. The molecular weight excluding hydrogens is 298 g/mol. The maximum atomic E-state index is 12.4. The molecule has 1 aromatic rings. The van der Waals surface area contributed by atoms with Crippen molar-refractivity contribution in [2.45, 2.75) is 58.0 Å². The van der Waals surface area contributed by atoms with Gasteiger partial charge in [-0.05, 0) is 44.3 Å². The zero-order valence-electron chi connectivity index (χ0n) is 15.3. The van der Waals surface area contributed by atoms with Crippen LogP contribution in [-0.2, 0) is 11.3 Å². The van der Waals surface area contributed by atoms with E-state index in [1.54, 1.807) is 0 Å². The number of carbonyl (C=O) groups excluding carboxylic acids is 1. The second-order valence-corrected chi connectivity index (χ2v) is 7.50. The van der Waals surface area contributed by atoms with Gasteiger partial charge in [-0.1, -0.05) is 49.6 Å². The normalized spacial score (nSPS) is 18.3. The Hall–Kier alpha value is -1.39. The third kappa shape index (κ3) is 5.60. The predicted octanol–water partition coefficient (Wildman–Crippen LogP) is 2.92. The average Bonchev–Trinajstić information content (AvgIpc) is 2.61. The Labute approximate surface area is 146 Å². The van der Waals surface area contributed by atoms with Crippen molar-refractivity contribution in [2.24, 2.45) is 11.1 Å². The van der Waals surface area contributed by atoms with Gasteiger partial charge in [-0.2, -0.15) is 0 Å². The SMILES string of the molecule is CC(CNC(=O)CC1(CN)CCCCC1)N(C)Cc1ccccc1.